The van der Waals surface area contributed by atoms with Gasteiger partial charge in [0.25, 0.3) is 5.56 Å². The number of piperidine rings is 1. The topological polar surface area (TPSA) is 131 Å². The number of carbonyl (C=O) groups excluding carboxylic acids is 1. The summed E-state index contributed by atoms with van der Waals surface area (Å²) < 4.78 is 74.6. The summed E-state index contributed by atoms with van der Waals surface area (Å²) in [5.41, 5.74) is -4.42. The molecule has 0 radical (unpaired) electrons. The molecule has 1 aromatic heterocycles. The van der Waals surface area contributed by atoms with Gasteiger partial charge < -0.3 is 15.0 Å². The molecule has 1 aliphatic heterocycles. The Balaban J connectivity index is 1.70. The van der Waals surface area contributed by atoms with E-state index in [1.165, 1.54) is 25.1 Å². The fourth-order valence-electron chi connectivity index (χ4n) is 5.47. The number of fused-ring (bicyclic) bond motifs is 1. The maximum atomic E-state index is 14.5. The second-order valence-electron chi connectivity index (χ2n) is 12.2. The standard InChI is InChI=1S/C30H35Cl2F3N4O6S/c1-5-46(43,44)23-9-8-19(31)11-18(23)15-39-26(40)20-12-22(30(33,34)35)21(24(32)25(20)37-27(39)41)16-38-10-6-7-17(14-38)13-36-28(42)45-29(2,3)4/h8-9,11-12,17H,5-7,10,13-16H2,1-4H3,(H,36,42)(H,37,41)/t17-/m1/s1. The van der Waals surface area contributed by atoms with Crippen molar-refractivity contribution >= 4 is 50.0 Å². The summed E-state index contributed by atoms with van der Waals surface area (Å²) in [6, 6.07) is 4.55. The number of carbonyl (C=O) groups is 1. The molecule has 0 unspecified atom stereocenters. The summed E-state index contributed by atoms with van der Waals surface area (Å²) in [6.07, 6.45) is -4.09. The number of benzene rings is 2. The Morgan fingerprint density at radius 3 is 2.46 bits per heavy atom. The van der Waals surface area contributed by atoms with Crippen LogP contribution in [0.15, 0.2) is 38.8 Å². The molecule has 4 rings (SSSR count). The van der Waals surface area contributed by atoms with Gasteiger partial charge in [0.2, 0.25) is 0 Å². The van der Waals surface area contributed by atoms with Gasteiger partial charge >= 0.3 is 18.0 Å². The second-order valence-corrected chi connectivity index (χ2v) is 15.3. The van der Waals surface area contributed by atoms with Crippen molar-refractivity contribution in [1.29, 1.82) is 0 Å². The van der Waals surface area contributed by atoms with Gasteiger partial charge in [-0.25, -0.2) is 18.0 Å². The molecule has 0 bridgehead atoms. The van der Waals surface area contributed by atoms with Crippen molar-refractivity contribution in [3.8, 4) is 0 Å². The molecule has 1 fully saturated rings. The number of ether oxygens (including phenoxy) is 1. The monoisotopic (exact) mass is 706 g/mol. The third kappa shape index (κ3) is 8.25. The number of H-pyrrole nitrogens is 1. The van der Waals surface area contributed by atoms with Gasteiger partial charge in [-0.15, -0.1) is 0 Å². The lowest BCUT2D eigenvalue weighted by Gasteiger charge is -2.34. The smallest absolute Gasteiger partial charge is 0.416 e. The van der Waals surface area contributed by atoms with Crippen LogP contribution in [-0.2, 0) is 33.8 Å². The lowest BCUT2D eigenvalue weighted by Crippen LogP contribution is -2.42. The van der Waals surface area contributed by atoms with Crippen molar-refractivity contribution in [3.63, 3.8) is 0 Å². The van der Waals surface area contributed by atoms with E-state index < -0.39 is 61.5 Å². The number of nitrogens with zero attached hydrogens (tertiary/aromatic N) is 2. The number of sulfone groups is 1. The molecule has 2 heterocycles. The fourth-order valence-corrected chi connectivity index (χ4v) is 7.09. The van der Waals surface area contributed by atoms with Crippen LogP contribution in [0.4, 0.5) is 18.0 Å². The highest BCUT2D eigenvalue weighted by atomic mass is 35.5. The van der Waals surface area contributed by atoms with Crippen molar-refractivity contribution in [1.82, 2.24) is 19.8 Å². The molecule has 2 N–H and O–H groups in total. The number of rotatable bonds is 8. The molecule has 3 aromatic rings. The molecule has 1 atom stereocenters. The maximum Gasteiger partial charge on any atom is 0.416 e. The third-order valence-corrected chi connectivity index (χ3v) is 10.1. The Hall–Kier alpha value is -3.07. The first-order valence-electron chi connectivity index (χ1n) is 14.6. The van der Waals surface area contributed by atoms with Crippen LogP contribution < -0.4 is 16.6 Å². The number of nitrogens with one attached hydrogen (secondary N) is 2. The van der Waals surface area contributed by atoms with Crippen LogP contribution in [-0.4, -0.2) is 60.0 Å². The molecule has 0 aliphatic carbocycles. The predicted octanol–water partition coefficient (Wildman–Crippen LogP) is 5.59. The number of aromatic nitrogens is 2. The Labute approximate surface area is 273 Å². The molecule has 2 aromatic carbocycles. The van der Waals surface area contributed by atoms with Gasteiger partial charge in [0, 0.05) is 24.7 Å². The highest BCUT2D eigenvalue weighted by molar-refractivity contribution is 7.91. The third-order valence-electron chi connectivity index (χ3n) is 7.61. The van der Waals surface area contributed by atoms with Gasteiger partial charge in [-0.1, -0.05) is 30.1 Å². The summed E-state index contributed by atoms with van der Waals surface area (Å²) in [6.45, 7) is 6.94. The van der Waals surface area contributed by atoms with E-state index in [1.54, 1.807) is 25.7 Å². The van der Waals surface area contributed by atoms with E-state index in [1.807, 2.05) is 0 Å². The number of hydrogen-bond acceptors (Lipinski definition) is 7. The van der Waals surface area contributed by atoms with Crippen LogP contribution in [0.2, 0.25) is 10.0 Å². The number of alkyl halides is 3. The number of halogens is 5. The fraction of sp³-hybridized carbons (Fsp3) is 0.500. The molecule has 16 heteroatoms. The summed E-state index contributed by atoms with van der Waals surface area (Å²) in [5, 5.41) is 1.94. The zero-order valence-corrected chi connectivity index (χ0v) is 28.0. The number of hydrogen-bond donors (Lipinski definition) is 2. The Morgan fingerprint density at radius 1 is 1.13 bits per heavy atom. The first-order chi connectivity index (χ1) is 21.3. The zero-order chi connectivity index (χ0) is 34.2. The molecule has 1 saturated heterocycles. The Kier molecular flexibility index (Phi) is 10.6. The molecule has 0 spiro atoms. The van der Waals surface area contributed by atoms with Crippen molar-refractivity contribution in [3.05, 3.63) is 71.8 Å². The summed E-state index contributed by atoms with van der Waals surface area (Å²) in [4.78, 5) is 42.8. The van der Waals surface area contributed by atoms with Gasteiger partial charge in [0.05, 0.1) is 38.7 Å². The van der Waals surface area contributed by atoms with Crippen LogP contribution in [0.1, 0.15) is 57.2 Å². The van der Waals surface area contributed by atoms with Crippen LogP contribution >= 0.6 is 23.2 Å². The number of amides is 1. The minimum atomic E-state index is -4.90. The van der Waals surface area contributed by atoms with Crippen molar-refractivity contribution in [2.75, 3.05) is 25.4 Å². The lowest BCUT2D eigenvalue weighted by atomic mass is 9.96. The normalized spacial score (nSPS) is 16.5. The van der Waals surface area contributed by atoms with Crippen LogP contribution in [0.5, 0.6) is 0 Å². The average molecular weight is 708 g/mol. The molecule has 1 amide bonds. The van der Waals surface area contributed by atoms with E-state index in [9.17, 15) is 36.0 Å². The van der Waals surface area contributed by atoms with E-state index in [0.717, 1.165) is 6.42 Å². The summed E-state index contributed by atoms with van der Waals surface area (Å²) >= 11 is 12.6. The minimum absolute atomic E-state index is 0.0286. The summed E-state index contributed by atoms with van der Waals surface area (Å²) in [5.74, 6) is -0.328. The van der Waals surface area contributed by atoms with Gasteiger partial charge in [0.1, 0.15) is 5.60 Å². The van der Waals surface area contributed by atoms with Gasteiger partial charge in [-0.2, -0.15) is 13.2 Å². The molecule has 10 nitrogen and oxygen atoms in total. The van der Waals surface area contributed by atoms with E-state index in [4.69, 9.17) is 27.9 Å². The molecule has 1 aliphatic rings. The highest BCUT2D eigenvalue weighted by Crippen LogP contribution is 2.39. The van der Waals surface area contributed by atoms with Gasteiger partial charge in [-0.05, 0) is 81.5 Å². The first-order valence-corrected chi connectivity index (χ1v) is 17.0. The largest absolute Gasteiger partial charge is 0.444 e. The average Bonchev–Trinajstić information content (AvgIpc) is 2.94. The highest BCUT2D eigenvalue weighted by Gasteiger charge is 2.37. The molecular formula is C30H35Cl2F3N4O6S. The SMILES string of the molecule is CCS(=O)(=O)c1ccc(Cl)cc1Cn1c(=O)[nH]c2c(Cl)c(CN3CCC[C@H](CNC(=O)OC(C)(C)C)C3)c(C(F)(F)F)cc2c1=O. The maximum absolute atomic E-state index is 14.5. The quantitative estimate of drug-likeness (QED) is 0.312. The Morgan fingerprint density at radius 2 is 1.83 bits per heavy atom. The van der Waals surface area contributed by atoms with Crippen LogP contribution in [0.3, 0.4) is 0 Å². The van der Waals surface area contributed by atoms with Gasteiger partial charge in [-0.3, -0.25) is 14.3 Å². The molecule has 0 saturated carbocycles. The van der Waals surface area contributed by atoms with Gasteiger partial charge in [0.15, 0.2) is 9.84 Å². The van der Waals surface area contributed by atoms with E-state index >= 15 is 0 Å². The van der Waals surface area contributed by atoms with E-state index in [0.29, 0.717) is 30.1 Å². The van der Waals surface area contributed by atoms with E-state index in [-0.39, 0.29) is 51.3 Å². The minimum Gasteiger partial charge on any atom is -0.444 e. The van der Waals surface area contributed by atoms with Crippen molar-refractivity contribution in [2.24, 2.45) is 5.92 Å². The van der Waals surface area contributed by atoms with Crippen molar-refractivity contribution < 1.29 is 31.1 Å². The number of likely N-dealkylation sites (tertiary alicyclic amines) is 1. The number of aromatic amines is 1. The van der Waals surface area contributed by atoms with E-state index in [2.05, 4.69) is 10.3 Å². The second kappa shape index (κ2) is 13.6. The predicted molar refractivity (Wildman–Crippen MR) is 169 cm³/mol. The summed E-state index contributed by atoms with van der Waals surface area (Å²) in [7, 11) is -3.79. The molecular weight excluding hydrogens is 672 g/mol. The van der Waals surface area contributed by atoms with Crippen LogP contribution in [0.25, 0.3) is 10.9 Å². The molecule has 46 heavy (non-hydrogen) atoms. The van der Waals surface area contributed by atoms with Crippen molar-refractivity contribution in [2.45, 2.75) is 70.3 Å². The Bertz CT molecular complexity index is 1870. The lowest BCUT2D eigenvalue weighted by molar-refractivity contribution is -0.138. The van der Waals surface area contributed by atoms with Crippen LogP contribution in [0, 0.1) is 5.92 Å². The first kappa shape index (κ1) is 35.8. The molecule has 252 valence electrons. The number of alkyl carbamates (subject to hydrolysis) is 1. The zero-order valence-electron chi connectivity index (χ0n) is 25.7.